The van der Waals surface area contributed by atoms with Gasteiger partial charge >= 0.3 is 0 Å². The summed E-state index contributed by atoms with van der Waals surface area (Å²) < 4.78 is 0. The van der Waals surface area contributed by atoms with Gasteiger partial charge in [0.1, 0.15) is 0 Å². The summed E-state index contributed by atoms with van der Waals surface area (Å²) in [6, 6.07) is 0. The molecule has 2 heteroatoms. The first-order valence-electron chi connectivity index (χ1n) is 12.9. The summed E-state index contributed by atoms with van der Waals surface area (Å²) in [5, 5.41) is 21.1. The normalized spacial score (nSPS) is 43.0. The summed E-state index contributed by atoms with van der Waals surface area (Å²) >= 11 is 0. The van der Waals surface area contributed by atoms with E-state index in [1.54, 1.807) is 16.7 Å². The molecule has 4 rings (SSSR count). The number of fused-ring (bicyclic) bond motifs is 4. The predicted octanol–water partition coefficient (Wildman–Crippen LogP) is 6.67. The summed E-state index contributed by atoms with van der Waals surface area (Å²) in [6.45, 7) is 14.2. The van der Waals surface area contributed by atoms with Crippen molar-refractivity contribution < 1.29 is 10.2 Å². The fourth-order valence-corrected chi connectivity index (χ4v) is 8.43. The van der Waals surface area contributed by atoms with Gasteiger partial charge in [-0.3, -0.25) is 0 Å². The molecule has 0 radical (unpaired) electrons. The fraction of sp³-hybridized carbons (Fsp3) is 0.857. The molecule has 170 valence electrons. The molecule has 4 aliphatic rings. The van der Waals surface area contributed by atoms with Crippen molar-refractivity contribution in [3.05, 3.63) is 22.8 Å². The molecule has 30 heavy (non-hydrogen) atoms. The molecule has 0 saturated heterocycles. The van der Waals surface area contributed by atoms with Crippen LogP contribution in [0.4, 0.5) is 0 Å². The average Bonchev–Trinajstić information content (AvgIpc) is 3.01. The Morgan fingerprint density at radius 3 is 2.47 bits per heavy atom. The van der Waals surface area contributed by atoms with Crippen LogP contribution in [-0.2, 0) is 0 Å². The zero-order valence-corrected chi connectivity index (χ0v) is 20.4. The van der Waals surface area contributed by atoms with Gasteiger partial charge in [0.05, 0.1) is 12.2 Å². The average molecular weight is 415 g/mol. The van der Waals surface area contributed by atoms with Crippen LogP contribution in [0.15, 0.2) is 22.8 Å². The molecule has 0 aromatic carbocycles. The Balaban J connectivity index is 1.56. The lowest BCUT2D eigenvalue weighted by atomic mass is 9.49. The van der Waals surface area contributed by atoms with E-state index < -0.39 is 0 Å². The maximum Gasteiger partial charge on any atom is 0.0569 e. The van der Waals surface area contributed by atoms with Gasteiger partial charge in [0.15, 0.2) is 0 Å². The predicted molar refractivity (Wildman–Crippen MR) is 125 cm³/mol. The monoisotopic (exact) mass is 414 g/mol. The molecule has 1 saturated carbocycles. The third kappa shape index (κ3) is 3.54. The van der Waals surface area contributed by atoms with Crippen molar-refractivity contribution in [1.82, 2.24) is 0 Å². The molecule has 8 unspecified atom stereocenters. The minimum Gasteiger partial charge on any atom is -0.393 e. The lowest BCUT2D eigenvalue weighted by molar-refractivity contribution is -0.0289. The van der Waals surface area contributed by atoms with Gasteiger partial charge in [0, 0.05) is 0 Å². The summed E-state index contributed by atoms with van der Waals surface area (Å²) in [5.41, 5.74) is 5.74. The SMILES string of the molecule is CC(C)CC(O)CC(C)C1CC=C2C3=C(CCC21C)C1(C)CCC(O)C(C)C1CC3. The minimum absolute atomic E-state index is 0.104. The van der Waals surface area contributed by atoms with Crippen LogP contribution in [-0.4, -0.2) is 22.4 Å². The highest BCUT2D eigenvalue weighted by Crippen LogP contribution is 2.64. The topological polar surface area (TPSA) is 40.5 Å². The Morgan fingerprint density at radius 1 is 1.03 bits per heavy atom. The Hall–Kier alpha value is -0.600. The van der Waals surface area contributed by atoms with Crippen molar-refractivity contribution in [3.63, 3.8) is 0 Å². The van der Waals surface area contributed by atoms with Crippen LogP contribution >= 0.6 is 0 Å². The van der Waals surface area contributed by atoms with Crippen molar-refractivity contribution in [3.8, 4) is 0 Å². The van der Waals surface area contributed by atoms with E-state index in [2.05, 4.69) is 47.6 Å². The van der Waals surface area contributed by atoms with Crippen LogP contribution in [0, 0.1) is 40.4 Å². The molecule has 0 heterocycles. The van der Waals surface area contributed by atoms with E-state index in [1.807, 2.05) is 0 Å². The van der Waals surface area contributed by atoms with Crippen molar-refractivity contribution in [1.29, 1.82) is 0 Å². The third-order valence-corrected chi connectivity index (χ3v) is 10.1. The molecule has 2 N–H and O–H groups in total. The highest BCUT2D eigenvalue weighted by molar-refractivity contribution is 5.49. The molecule has 0 amide bonds. The molecular formula is C28H46O2. The first kappa shape index (κ1) is 22.6. The molecule has 0 aromatic heterocycles. The lowest BCUT2D eigenvalue weighted by Gasteiger charge is -2.55. The van der Waals surface area contributed by atoms with Gasteiger partial charge in [-0.1, -0.05) is 53.2 Å². The van der Waals surface area contributed by atoms with Gasteiger partial charge in [0.25, 0.3) is 0 Å². The Kier molecular flexibility index (Phi) is 6.08. The van der Waals surface area contributed by atoms with E-state index >= 15 is 0 Å². The highest BCUT2D eigenvalue weighted by Gasteiger charge is 2.54. The molecule has 0 aromatic rings. The smallest absolute Gasteiger partial charge is 0.0569 e. The molecular weight excluding hydrogens is 368 g/mol. The van der Waals surface area contributed by atoms with Gasteiger partial charge in [-0.05, 0) is 109 Å². The Labute approximate surface area is 185 Å². The summed E-state index contributed by atoms with van der Waals surface area (Å²) in [7, 11) is 0. The number of allylic oxidation sites excluding steroid dienone is 4. The second-order valence-electron chi connectivity index (χ2n) is 12.4. The number of rotatable bonds is 5. The standard InChI is InChI=1S/C28H46O2/c1-17(2)15-20(29)16-18(3)22-9-10-24-21-7-8-23-19(4)26(30)12-14-28(23,6)25(21)11-13-27(22,24)5/h10,17-20,22-23,26,29-30H,7-9,11-16H2,1-6H3. The molecule has 2 nitrogen and oxygen atoms in total. The number of hydrogen-bond donors (Lipinski definition) is 2. The number of hydrogen-bond acceptors (Lipinski definition) is 2. The van der Waals surface area contributed by atoms with Gasteiger partial charge < -0.3 is 10.2 Å². The van der Waals surface area contributed by atoms with Crippen molar-refractivity contribution >= 4 is 0 Å². The number of aliphatic hydroxyl groups is 2. The van der Waals surface area contributed by atoms with Gasteiger partial charge in [0.2, 0.25) is 0 Å². The van der Waals surface area contributed by atoms with Crippen LogP contribution < -0.4 is 0 Å². The van der Waals surface area contributed by atoms with Crippen LogP contribution in [0.3, 0.4) is 0 Å². The van der Waals surface area contributed by atoms with Gasteiger partial charge in [-0.2, -0.15) is 0 Å². The molecule has 0 spiro atoms. The zero-order valence-electron chi connectivity index (χ0n) is 20.4. The summed E-state index contributed by atoms with van der Waals surface area (Å²) in [6.07, 6.45) is 12.5. The quantitative estimate of drug-likeness (QED) is 0.527. The van der Waals surface area contributed by atoms with E-state index in [-0.39, 0.29) is 12.2 Å². The van der Waals surface area contributed by atoms with Crippen LogP contribution in [0.5, 0.6) is 0 Å². The van der Waals surface area contributed by atoms with E-state index in [1.165, 1.54) is 32.1 Å². The Bertz CT molecular complexity index is 718. The summed E-state index contributed by atoms with van der Waals surface area (Å²) in [5.74, 6) is 2.87. The first-order valence-corrected chi connectivity index (χ1v) is 12.9. The Morgan fingerprint density at radius 2 is 1.77 bits per heavy atom. The van der Waals surface area contributed by atoms with Crippen LogP contribution in [0.1, 0.15) is 99.3 Å². The third-order valence-electron chi connectivity index (χ3n) is 10.1. The lowest BCUT2D eigenvalue weighted by Crippen LogP contribution is -2.48. The van der Waals surface area contributed by atoms with Gasteiger partial charge in [-0.25, -0.2) is 0 Å². The second-order valence-corrected chi connectivity index (χ2v) is 12.4. The molecule has 0 bridgehead atoms. The van der Waals surface area contributed by atoms with E-state index in [0.29, 0.717) is 40.4 Å². The fourth-order valence-electron chi connectivity index (χ4n) is 8.43. The largest absolute Gasteiger partial charge is 0.393 e. The molecule has 8 atom stereocenters. The highest BCUT2D eigenvalue weighted by atomic mass is 16.3. The zero-order chi connectivity index (χ0) is 21.8. The van der Waals surface area contributed by atoms with E-state index in [9.17, 15) is 10.2 Å². The number of aliphatic hydroxyl groups excluding tert-OH is 2. The maximum absolute atomic E-state index is 10.6. The van der Waals surface area contributed by atoms with Crippen LogP contribution in [0.25, 0.3) is 0 Å². The maximum atomic E-state index is 10.6. The summed E-state index contributed by atoms with van der Waals surface area (Å²) in [4.78, 5) is 0. The van der Waals surface area contributed by atoms with Crippen molar-refractivity contribution in [2.75, 3.05) is 0 Å². The van der Waals surface area contributed by atoms with Crippen LogP contribution in [0.2, 0.25) is 0 Å². The first-order chi connectivity index (χ1) is 14.1. The van der Waals surface area contributed by atoms with Crippen molar-refractivity contribution in [2.24, 2.45) is 40.4 Å². The molecule has 0 aliphatic heterocycles. The van der Waals surface area contributed by atoms with E-state index in [4.69, 9.17) is 0 Å². The second kappa shape index (κ2) is 8.07. The molecule has 1 fully saturated rings. The van der Waals surface area contributed by atoms with E-state index in [0.717, 1.165) is 25.7 Å². The van der Waals surface area contributed by atoms with Crippen molar-refractivity contribution in [2.45, 2.75) is 112 Å². The van der Waals surface area contributed by atoms with Gasteiger partial charge in [-0.15, -0.1) is 0 Å². The minimum atomic E-state index is -0.157. The molecule has 4 aliphatic carbocycles.